The first-order chi connectivity index (χ1) is 18.9. The van der Waals surface area contributed by atoms with Crippen molar-refractivity contribution in [3.05, 3.63) is 99.8 Å². The number of methoxy groups -OCH3 is 1. The fourth-order valence-electron chi connectivity index (χ4n) is 3.76. The van der Waals surface area contributed by atoms with Crippen molar-refractivity contribution >= 4 is 63.6 Å². The SMILES string of the molecule is COc1ccc(-[n+]2noc([O-])c2C(=O)CSC2=N/C(=C/c3cccc(Cl)c3Cl)C(=O)N2c2ccccc2)cc1. The first-order valence-corrected chi connectivity index (χ1v) is 13.1. The van der Waals surface area contributed by atoms with Crippen molar-refractivity contribution in [1.29, 1.82) is 0 Å². The highest BCUT2D eigenvalue weighted by Gasteiger charge is 2.34. The lowest BCUT2D eigenvalue weighted by atomic mass is 10.2. The zero-order valence-corrected chi connectivity index (χ0v) is 22.5. The Hall–Kier alpha value is -4.12. The Morgan fingerprint density at radius 2 is 1.85 bits per heavy atom. The Kier molecular flexibility index (Phi) is 7.69. The van der Waals surface area contributed by atoms with Crippen molar-refractivity contribution < 1.29 is 28.6 Å². The van der Waals surface area contributed by atoms with Crippen molar-refractivity contribution in [3.63, 3.8) is 0 Å². The van der Waals surface area contributed by atoms with Gasteiger partial charge in [0.05, 0.1) is 33.9 Å². The molecule has 3 aromatic carbocycles. The second-order valence-corrected chi connectivity index (χ2v) is 9.80. The third kappa shape index (κ3) is 5.40. The minimum Gasteiger partial charge on any atom is -0.539 e. The molecule has 1 amide bonds. The number of ether oxygens (including phenoxy) is 1. The van der Waals surface area contributed by atoms with Crippen LogP contribution in [-0.4, -0.2) is 35.0 Å². The number of halogens is 2. The maximum atomic E-state index is 13.4. The van der Waals surface area contributed by atoms with Gasteiger partial charge in [0.25, 0.3) is 5.91 Å². The molecule has 12 heteroatoms. The van der Waals surface area contributed by atoms with Gasteiger partial charge in [0.2, 0.25) is 11.5 Å². The summed E-state index contributed by atoms with van der Waals surface area (Å²) in [4.78, 5) is 32.5. The Labute approximate surface area is 236 Å². The normalized spacial score (nSPS) is 14.1. The van der Waals surface area contributed by atoms with Crippen LogP contribution in [0.2, 0.25) is 10.0 Å². The number of nitrogens with zero attached hydrogens (tertiary/aromatic N) is 4. The van der Waals surface area contributed by atoms with Gasteiger partial charge >= 0.3 is 5.69 Å². The lowest BCUT2D eigenvalue weighted by Gasteiger charge is -2.17. The summed E-state index contributed by atoms with van der Waals surface area (Å²) in [5.41, 5.74) is 1.38. The van der Waals surface area contributed by atoms with Crippen LogP contribution in [0.1, 0.15) is 16.1 Å². The van der Waals surface area contributed by atoms with Crippen LogP contribution < -0.4 is 19.4 Å². The second kappa shape index (κ2) is 11.3. The molecule has 0 spiro atoms. The van der Waals surface area contributed by atoms with E-state index in [-0.39, 0.29) is 27.3 Å². The van der Waals surface area contributed by atoms with Crippen LogP contribution in [0, 0.1) is 0 Å². The first-order valence-electron chi connectivity index (χ1n) is 11.4. The van der Waals surface area contributed by atoms with E-state index in [2.05, 4.69) is 10.3 Å². The molecule has 0 unspecified atom stereocenters. The second-order valence-electron chi connectivity index (χ2n) is 8.07. The van der Waals surface area contributed by atoms with E-state index in [1.807, 2.05) is 6.07 Å². The molecule has 1 aliphatic heterocycles. The maximum absolute atomic E-state index is 13.4. The highest BCUT2D eigenvalue weighted by atomic mass is 35.5. The smallest absolute Gasteiger partial charge is 0.307 e. The molecule has 0 atom stereocenters. The molecule has 0 radical (unpaired) electrons. The molecule has 5 rings (SSSR count). The van der Waals surface area contributed by atoms with E-state index < -0.39 is 17.6 Å². The number of amidine groups is 1. The monoisotopic (exact) mass is 580 g/mol. The van der Waals surface area contributed by atoms with Crippen LogP contribution >= 0.6 is 35.0 Å². The van der Waals surface area contributed by atoms with Crippen molar-refractivity contribution in [3.8, 4) is 17.4 Å². The van der Waals surface area contributed by atoms with Crippen LogP contribution in [-0.2, 0) is 4.79 Å². The fourth-order valence-corrected chi connectivity index (χ4v) is 5.00. The predicted molar refractivity (Wildman–Crippen MR) is 147 cm³/mol. The number of ketones is 1. The number of aliphatic imine (C=N–C) groups is 1. The molecule has 4 aromatic rings. The van der Waals surface area contributed by atoms with Crippen molar-refractivity contribution in [2.75, 3.05) is 17.8 Å². The Balaban J connectivity index is 1.44. The first kappa shape index (κ1) is 26.5. The van der Waals surface area contributed by atoms with E-state index in [0.717, 1.165) is 16.4 Å². The Morgan fingerprint density at radius 3 is 2.56 bits per heavy atom. The van der Waals surface area contributed by atoms with Crippen molar-refractivity contribution in [2.24, 2.45) is 4.99 Å². The van der Waals surface area contributed by atoms with Crippen LogP contribution in [0.25, 0.3) is 11.8 Å². The number of benzene rings is 3. The Bertz CT molecular complexity index is 1620. The van der Waals surface area contributed by atoms with Gasteiger partial charge in [-0.05, 0) is 46.7 Å². The number of amides is 1. The van der Waals surface area contributed by atoms with E-state index in [1.54, 1.807) is 66.7 Å². The topological polar surface area (TPSA) is 112 Å². The third-order valence-corrected chi connectivity index (χ3v) is 7.41. The van der Waals surface area contributed by atoms with E-state index >= 15 is 0 Å². The van der Waals surface area contributed by atoms with E-state index in [4.69, 9.17) is 32.5 Å². The molecule has 1 aliphatic rings. The van der Waals surface area contributed by atoms with Crippen LogP contribution in [0.3, 0.4) is 0 Å². The van der Waals surface area contributed by atoms with Gasteiger partial charge in [0, 0.05) is 12.1 Å². The summed E-state index contributed by atoms with van der Waals surface area (Å²) in [7, 11) is 1.53. The average molecular weight is 581 g/mol. The molecule has 0 fully saturated rings. The average Bonchev–Trinajstić information content (AvgIpc) is 3.49. The summed E-state index contributed by atoms with van der Waals surface area (Å²) in [5.74, 6) is -1.46. The number of hydrogen-bond donors (Lipinski definition) is 0. The largest absolute Gasteiger partial charge is 0.539 e. The summed E-state index contributed by atoms with van der Waals surface area (Å²) in [5, 5.41) is 17.0. The van der Waals surface area contributed by atoms with Gasteiger partial charge in [-0.15, -0.1) is 0 Å². The molecule has 196 valence electrons. The number of hydrogen-bond acceptors (Lipinski definition) is 8. The molecule has 39 heavy (non-hydrogen) atoms. The maximum Gasteiger partial charge on any atom is 0.307 e. The van der Waals surface area contributed by atoms with E-state index in [1.165, 1.54) is 18.1 Å². The molecular weight excluding hydrogens is 563 g/mol. The molecule has 0 saturated heterocycles. The third-order valence-electron chi connectivity index (χ3n) is 5.64. The lowest BCUT2D eigenvalue weighted by molar-refractivity contribution is -0.672. The zero-order valence-electron chi connectivity index (χ0n) is 20.2. The number of rotatable bonds is 7. The van der Waals surface area contributed by atoms with Crippen molar-refractivity contribution in [1.82, 2.24) is 5.27 Å². The Morgan fingerprint density at radius 1 is 1.10 bits per heavy atom. The van der Waals surface area contributed by atoms with Crippen LogP contribution in [0.5, 0.6) is 11.7 Å². The summed E-state index contributed by atoms with van der Waals surface area (Å²) in [6.45, 7) is 0. The predicted octanol–water partition coefficient (Wildman–Crippen LogP) is 4.70. The number of para-hydroxylation sites is 1. The molecule has 0 bridgehead atoms. The van der Waals surface area contributed by atoms with E-state index in [0.29, 0.717) is 27.7 Å². The summed E-state index contributed by atoms with van der Waals surface area (Å²) >= 11 is 13.4. The van der Waals surface area contributed by atoms with Gasteiger partial charge in [-0.2, -0.15) is 0 Å². The van der Waals surface area contributed by atoms with Gasteiger partial charge in [-0.25, -0.2) is 4.99 Å². The zero-order chi connectivity index (χ0) is 27.5. The summed E-state index contributed by atoms with van der Waals surface area (Å²) < 4.78 is 11.1. The number of carbonyl (C=O) groups excluding carboxylic acids is 2. The molecule has 0 aliphatic carbocycles. The summed E-state index contributed by atoms with van der Waals surface area (Å²) in [6.07, 6.45) is 1.54. The molecule has 0 saturated carbocycles. The molecule has 1 aromatic heterocycles. The lowest BCUT2D eigenvalue weighted by Crippen LogP contribution is -2.39. The van der Waals surface area contributed by atoms with Crippen LogP contribution in [0.15, 0.2) is 88.0 Å². The number of carbonyl (C=O) groups is 2. The van der Waals surface area contributed by atoms with Gasteiger partial charge in [-0.3, -0.25) is 14.5 Å². The van der Waals surface area contributed by atoms with Gasteiger partial charge < -0.3 is 14.4 Å². The van der Waals surface area contributed by atoms with Crippen molar-refractivity contribution in [2.45, 2.75) is 0 Å². The standard InChI is InChI=1S/C27H18Cl2N4O5S/c1-37-19-12-10-18(11-13-19)33-24(26(36)38-31-33)22(34)15-39-27-30-21(14-16-6-5-9-20(28)23(16)29)25(35)32(27)17-7-3-2-4-8-17/h2-14H,15H2,1H3/b21-14+. The van der Waals surface area contributed by atoms with Crippen LogP contribution in [0.4, 0.5) is 5.69 Å². The quantitative estimate of drug-likeness (QED) is 0.177. The van der Waals surface area contributed by atoms with Gasteiger partial charge in [0.15, 0.2) is 11.1 Å². The highest BCUT2D eigenvalue weighted by molar-refractivity contribution is 8.14. The molecule has 9 nitrogen and oxygen atoms in total. The minimum absolute atomic E-state index is 0.112. The van der Waals surface area contributed by atoms with Gasteiger partial charge in [-0.1, -0.05) is 65.3 Å². The minimum atomic E-state index is -0.878. The molecule has 0 N–H and O–H groups in total. The number of aromatic nitrogens is 2. The summed E-state index contributed by atoms with van der Waals surface area (Å²) in [6, 6.07) is 20.6. The number of thioether (sulfide) groups is 1. The molecule has 2 heterocycles. The van der Waals surface area contributed by atoms with E-state index in [9.17, 15) is 14.7 Å². The highest BCUT2D eigenvalue weighted by Crippen LogP contribution is 2.32. The van der Waals surface area contributed by atoms with Gasteiger partial charge in [0.1, 0.15) is 11.4 Å². The number of anilines is 1. The molecular formula is C27H18Cl2N4O5S. The fraction of sp³-hybridized carbons (Fsp3) is 0.0741. The number of Topliss-reactive ketones (excluding diaryl/α,β-unsaturated/α-hetero) is 1.